The normalized spacial score (nSPS) is 18.3. The first-order valence-electron chi connectivity index (χ1n) is 7.03. The van der Waals surface area contributed by atoms with Crippen LogP contribution in [0.1, 0.15) is 24.8 Å². The first-order valence-corrected chi connectivity index (χ1v) is 7.03. The smallest absolute Gasteiger partial charge is 0.387 e. The number of benzene rings is 1. The standard InChI is InChI=1S/C15H17F2NO4/c16-15(17)22-11-6-4-10(5-7-11)9-13(19)18-8-2-1-3-12(18)14(20)21/h4-7,12,15H,1-3,8-9H2,(H,20,21). The average molecular weight is 313 g/mol. The lowest BCUT2D eigenvalue weighted by Crippen LogP contribution is -2.48. The van der Waals surface area contributed by atoms with Crippen molar-refractivity contribution in [1.29, 1.82) is 0 Å². The summed E-state index contributed by atoms with van der Waals surface area (Å²) in [6.07, 6.45) is 2.08. The number of carbonyl (C=O) groups is 2. The first-order chi connectivity index (χ1) is 10.5. The maximum absolute atomic E-state index is 12.3. The summed E-state index contributed by atoms with van der Waals surface area (Å²) >= 11 is 0. The number of piperidine rings is 1. The van der Waals surface area contributed by atoms with Gasteiger partial charge in [-0.25, -0.2) is 4.79 Å². The maximum atomic E-state index is 12.3. The number of aliphatic carboxylic acids is 1. The van der Waals surface area contributed by atoms with E-state index < -0.39 is 18.6 Å². The van der Waals surface area contributed by atoms with Gasteiger partial charge in [0.05, 0.1) is 6.42 Å². The molecular weight excluding hydrogens is 296 g/mol. The van der Waals surface area contributed by atoms with Crippen molar-refractivity contribution >= 4 is 11.9 Å². The second kappa shape index (κ2) is 7.20. The minimum Gasteiger partial charge on any atom is -0.480 e. The van der Waals surface area contributed by atoms with E-state index in [1.165, 1.54) is 29.2 Å². The van der Waals surface area contributed by atoms with Gasteiger partial charge in [0.2, 0.25) is 5.91 Å². The molecule has 5 nitrogen and oxygen atoms in total. The van der Waals surface area contributed by atoms with Gasteiger partial charge in [-0.2, -0.15) is 8.78 Å². The van der Waals surface area contributed by atoms with Crippen molar-refractivity contribution in [2.45, 2.75) is 38.3 Å². The zero-order valence-corrected chi connectivity index (χ0v) is 11.9. The topological polar surface area (TPSA) is 66.8 Å². The molecule has 1 unspecified atom stereocenters. The average Bonchev–Trinajstić information content (AvgIpc) is 2.48. The molecule has 7 heteroatoms. The third kappa shape index (κ3) is 4.16. The van der Waals surface area contributed by atoms with Crippen LogP contribution in [0.2, 0.25) is 0 Å². The Morgan fingerprint density at radius 1 is 1.27 bits per heavy atom. The molecule has 22 heavy (non-hydrogen) atoms. The summed E-state index contributed by atoms with van der Waals surface area (Å²) in [4.78, 5) is 24.8. The number of nitrogens with zero attached hydrogens (tertiary/aromatic N) is 1. The van der Waals surface area contributed by atoms with Crippen molar-refractivity contribution in [3.05, 3.63) is 29.8 Å². The van der Waals surface area contributed by atoms with Crippen LogP contribution in [0.4, 0.5) is 8.78 Å². The van der Waals surface area contributed by atoms with Crippen LogP contribution in [0.5, 0.6) is 5.75 Å². The molecule has 1 saturated heterocycles. The number of carboxylic acids is 1. The van der Waals surface area contributed by atoms with Gasteiger partial charge in [0.15, 0.2) is 0 Å². The van der Waals surface area contributed by atoms with Crippen molar-refractivity contribution in [3.8, 4) is 5.75 Å². The molecule has 0 radical (unpaired) electrons. The van der Waals surface area contributed by atoms with E-state index in [2.05, 4.69) is 4.74 Å². The molecule has 0 bridgehead atoms. The summed E-state index contributed by atoms with van der Waals surface area (Å²) in [6.45, 7) is -2.46. The Bertz CT molecular complexity index is 533. The SMILES string of the molecule is O=C(O)C1CCCCN1C(=O)Cc1ccc(OC(F)F)cc1. The zero-order chi connectivity index (χ0) is 16.1. The summed E-state index contributed by atoms with van der Waals surface area (Å²) in [5.74, 6) is -1.24. The molecule has 0 spiro atoms. The molecule has 0 aliphatic carbocycles. The van der Waals surface area contributed by atoms with Gasteiger partial charge in [0.1, 0.15) is 11.8 Å². The van der Waals surface area contributed by atoms with Gasteiger partial charge < -0.3 is 14.7 Å². The second-order valence-corrected chi connectivity index (χ2v) is 5.14. The minimum atomic E-state index is -2.89. The highest BCUT2D eigenvalue weighted by atomic mass is 19.3. The van der Waals surface area contributed by atoms with Gasteiger partial charge in [0.25, 0.3) is 0 Å². The Balaban J connectivity index is 1.99. The maximum Gasteiger partial charge on any atom is 0.387 e. The lowest BCUT2D eigenvalue weighted by Gasteiger charge is -2.33. The van der Waals surface area contributed by atoms with Crippen molar-refractivity contribution < 1.29 is 28.2 Å². The molecule has 1 atom stereocenters. The molecule has 1 amide bonds. The molecule has 1 fully saturated rings. The summed E-state index contributed by atoms with van der Waals surface area (Å²) in [7, 11) is 0. The molecule has 1 aromatic carbocycles. The molecule has 1 N–H and O–H groups in total. The number of halogens is 2. The largest absolute Gasteiger partial charge is 0.480 e. The fourth-order valence-corrected chi connectivity index (χ4v) is 2.55. The lowest BCUT2D eigenvalue weighted by molar-refractivity contribution is -0.151. The number of alkyl halides is 2. The summed E-state index contributed by atoms with van der Waals surface area (Å²) in [6, 6.07) is 4.99. The van der Waals surface area contributed by atoms with Crippen LogP contribution in [0.25, 0.3) is 0 Å². The van der Waals surface area contributed by atoms with Crippen LogP contribution >= 0.6 is 0 Å². The number of likely N-dealkylation sites (tertiary alicyclic amines) is 1. The number of rotatable bonds is 5. The van der Waals surface area contributed by atoms with Crippen LogP contribution in [0.15, 0.2) is 24.3 Å². The molecule has 1 aromatic rings. The monoisotopic (exact) mass is 313 g/mol. The Labute approximate surface area is 126 Å². The molecule has 2 rings (SSSR count). The van der Waals surface area contributed by atoms with Crippen molar-refractivity contribution in [2.24, 2.45) is 0 Å². The van der Waals surface area contributed by atoms with Gasteiger partial charge in [-0.1, -0.05) is 12.1 Å². The Morgan fingerprint density at radius 2 is 1.95 bits per heavy atom. The number of hydrogen-bond acceptors (Lipinski definition) is 3. The van der Waals surface area contributed by atoms with Gasteiger partial charge in [-0.05, 0) is 37.0 Å². The van der Waals surface area contributed by atoms with Gasteiger partial charge >= 0.3 is 12.6 Å². The molecule has 0 saturated carbocycles. The van der Waals surface area contributed by atoms with E-state index in [1.807, 2.05) is 0 Å². The van der Waals surface area contributed by atoms with E-state index in [1.54, 1.807) is 0 Å². The highest BCUT2D eigenvalue weighted by Gasteiger charge is 2.31. The first kappa shape index (κ1) is 16.2. The molecule has 1 aliphatic rings. The summed E-state index contributed by atoms with van der Waals surface area (Å²) < 4.78 is 28.3. The zero-order valence-electron chi connectivity index (χ0n) is 11.9. The number of carboxylic acid groups (broad SMARTS) is 1. The highest BCUT2D eigenvalue weighted by molar-refractivity contribution is 5.85. The lowest BCUT2D eigenvalue weighted by atomic mass is 10.0. The number of amides is 1. The minimum absolute atomic E-state index is 0.0209. The van der Waals surface area contributed by atoms with E-state index in [4.69, 9.17) is 5.11 Å². The molecule has 1 aliphatic heterocycles. The van der Waals surface area contributed by atoms with Crippen LogP contribution < -0.4 is 4.74 Å². The van der Waals surface area contributed by atoms with E-state index in [9.17, 15) is 18.4 Å². The molecule has 0 aromatic heterocycles. The van der Waals surface area contributed by atoms with Crippen LogP contribution in [0.3, 0.4) is 0 Å². The second-order valence-electron chi connectivity index (χ2n) is 5.14. The molecular formula is C15H17F2NO4. The fraction of sp³-hybridized carbons (Fsp3) is 0.467. The van der Waals surface area contributed by atoms with Gasteiger partial charge in [-0.15, -0.1) is 0 Å². The third-order valence-corrected chi connectivity index (χ3v) is 3.61. The van der Waals surface area contributed by atoms with E-state index >= 15 is 0 Å². The number of ether oxygens (including phenoxy) is 1. The van der Waals surface area contributed by atoms with Crippen LogP contribution in [0, 0.1) is 0 Å². The van der Waals surface area contributed by atoms with Crippen LogP contribution in [-0.2, 0) is 16.0 Å². The predicted molar refractivity (Wildman–Crippen MR) is 73.8 cm³/mol. The van der Waals surface area contributed by atoms with E-state index in [-0.39, 0.29) is 18.1 Å². The summed E-state index contributed by atoms with van der Waals surface area (Å²) in [5.41, 5.74) is 0.626. The van der Waals surface area contributed by atoms with Crippen molar-refractivity contribution in [3.63, 3.8) is 0 Å². The number of hydrogen-bond donors (Lipinski definition) is 1. The molecule has 120 valence electrons. The summed E-state index contributed by atoms with van der Waals surface area (Å²) in [5, 5.41) is 9.16. The van der Waals surface area contributed by atoms with Gasteiger partial charge in [0, 0.05) is 6.54 Å². The van der Waals surface area contributed by atoms with Gasteiger partial charge in [-0.3, -0.25) is 4.79 Å². The third-order valence-electron chi connectivity index (χ3n) is 3.61. The number of carbonyl (C=O) groups excluding carboxylic acids is 1. The Hall–Kier alpha value is -2.18. The predicted octanol–water partition coefficient (Wildman–Crippen LogP) is 2.30. The van der Waals surface area contributed by atoms with E-state index in [0.29, 0.717) is 18.5 Å². The quantitative estimate of drug-likeness (QED) is 0.906. The Morgan fingerprint density at radius 3 is 2.55 bits per heavy atom. The Kier molecular flexibility index (Phi) is 5.30. The van der Waals surface area contributed by atoms with E-state index in [0.717, 1.165) is 12.8 Å². The fourth-order valence-electron chi connectivity index (χ4n) is 2.55. The van der Waals surface area contributed by atoms with Crippen LogP contribution in [-0.4, -0.2) is 41.1 Å². The van der Waals surface area contributed by atoms with Crippen molar-refractivity contribution in [2.75, 3.05) is 6.54 Å². The highest BCUT2D eigenvalue weighted by Crippen LogP contribution is 2.20. The molecule has 1 heterocycles. The van der Waals surface area contributed by atoms with Crippen molar-refractivity contribution in [1.82, 2.24) is 4.90 Å².